The van der Waals surface area contributed by atoms with Gasteiger partial charge in [0.05, 0.1) is 5.69 Å². The molecule has 2 nitrogen and oxygen atoms in total. The fraction of sp³-hybridized carbons (Fsp3) is 0.0625. The number of rotatable bonds is 1. The van der Waals surface area contributed by atoms with Crippen LogP contribution in [-0.4, -0.2) is 5.91 Å². The fourth-order valence-corrected chi connectivity index (χ4v) is 1.69. The molecule has 0 spiro atoms. The number of carbonyl (C=O) groups excluding carboxylic acids is 1. The van der Waals surface area contributed by atoms with Crippen molar-refractivity contribution in [1.82, 2.24) is 0 Å². The number of nitrogens with one attached hydrogen (secondary N) is 1. The summed E-state index contributed by atoms with van der Waals surface area (Å²) in [6, 6.07) is 14.8. The fourth-order valence-electron chi connectivity index (χ4n) is 1.56. The minimum atomic E-state index is -0.110. The summed E-state index contributed by atoms with van der Waals surface area (Å²) >= 11 is 5.82. The quantitative estimate of drug-likeness (QED) is 0.786. The van der Waals surface area contributed by atoms with Crippen LogP contribution in [0.2, 0.25) is 5.02 Å². The molecule has 0 radical (unpaired) electrons. The van der Waals surface area contributed by atoms with Gasteiger partial charge in [-0.25, -0.2) is 0 Å². The van der Waals surface area contributed by atoms with Crippen molar-refractivity contribution >= 4 is 23.2 Å². The third-order valence-corrected chi connectivity index (χ3v) is 2.68. The van der Waals surface area contributed by atoms with Crippen LogP contribution in [0.3, 0.4) is 0 Å². The van der Waals surface area contributed by atoms with Crippen molar-refractivity contribution in [3.05, 3.63) is 64.7 Å². The van der Waals surface area contributed by atoms with Crippen molar-refractivity contribution < 1.29 is 4.79 Å². The van der Waals surface area contributed by atoms with Gasteiger partial charge in [-0.15, -0.1) is 0 Å². The van der Waals surface area contributed by atoms with E-state index >= 15 is 0 Å². The molecule has 2 aromatic carbocycles. The first-order valence-corrected chi connectivity index (χ1v) is 6.17. The Labute approximate surface area is 117 Å². The van der Waals surface area contributed by atoms with Gasteiger partial charge in [0.25, 0.3) is 0 Å². The summed E-state index contributed by atoms with van der Waals surface area (Å²) in [5.41, 5.74) is 2.38. The minimum absolute atomic E-state index is 0.110. The van der Waals surface area contributed by atoms with E-state index in [1.54, 1.807) is 12.1 Å². The predicted molar refractivity (Wildman–Crippen MR) is 78.2 cm³/mol. The van der Waals surface area contributed by atoms with E-state index in [9.17, 15) is 4.79 Å². The monoisotopic (exact) mass is 269 g/mol. The third kappa shape index (κ3) is 3.87. The maximum absolute atomic E-state index is 11.1. The van der Waals surface area contributed by atoms with E-state index in [1.165, 1.54) is 6.92 Å². The normalized spacial score (nSPS) is 9.37. The molecular weight excluding hydrogens is 258 g/mol. The molecule has 0 fully saturated rings. The summed E-state index contributed by atoms with van der Waals surface area (Å²) in [5.74, 6) is 5.98. The molecule has 3 heteroatoms. The second kappa shape index (κ2) is 6.08. The standard InChI is InChI=1S/C16H12ClNO/c1-12(19)18-16-5-3-2-4-14(16)9-6-13-7-10-15(17)11-8-13/h2-5,7-8,10-11H,1H3,(H,18,19). The van der Waals surface area contributed by atoms with Crippen molar-refractivity contribution in [2.45, 2.75) is 6.92 Å². The summed E-state index contributed by atoms with van der Waals surface area (Å²) in [6.45, 7) is 1.48. The van der Waals surface area contributed by atoms with Crippen molar-refractivity contribution in [1.29, 1.82) is 0 Å². The molecule has 19 heavy (non-hydrogen) atoms. The second-order valence-corrected chi connectivity index (χ2v) is 4.42. The van der Waals surface area contributed by atoms with Gasteiger partial charge in [-0.1, -0.05) is 35.6 Å². The molecule has 1 amide bonds. The van der Waals surface area contributed by atoms with Gasteiger partial charge in [0.2, 0.25) is 5.91 Å². The van der Waals surface area contributed by atoms with Crippen molar-refractivity contribution in [3.63, 3.8) is 0 Å². The van der Waals surface area contributed by atoms with Crippen LogP contribution in [0, 0.1) is 11.8 Å². The van der Waals surface area contributed by atoms with Gasteiger partial charge in [-0.3, -0.25) is 4.79 Å². The van der Waals surface area contributed by atoms with Crippen LogP contribution >= 0.6 is 11.6 Å². The Bertz CT molecular complexity index is 650. The molecule has 0 aliphatic carbocycles. The molecule has 1 N–H and O–H groups in total. The highest BCUT2D eigenvalue weighted by atomic mass is 35.5. The Morgan fingerprint density at radius 2 is 1.74 bits per heavy atom. The topological polar surface area (TPSA) is 29.1 Å². The zero-order valence-electron chi connectivity index (χ0n) is 10.4. The number of benzene rings is 2. The first-order chi connectivity index (χ1) is 9.15. The molecule has 0 aliphatic rings. The van der Waals surface area contributed by atoms with E-state index in [-0.39, 0.29) is 5.91 Å². The van der Waals surface area contributed by atoms with E-state index < -0.39 is 0 Å². The Morgan fingerprint density at radius 1 is 1.05 bits per heavy atom. The minimum Gasteiger partial charge on any atom is -0.325 e. The highest BCUT2D eigenvalue weighted by molar-refractivity contribution is 6.30. The van der Waals surface area contributed by atoms with Gasteiger partial charge in [0.15, 0.2) is 0 Å². The first-order valence-electron chi connectivity index (χ1n) is 5.79. The third-order valence-electron chi connectivity index (χ3n) is 2.42. The number of hydrogen-bond donors (Lipinski definition) is 1. The lowest BCUT2D eigenvalue weighted by atomic mass is 10.1. The highest BCUT2D eigenvalue weighted by Gasteiger charge is 1.99. The number of anilines is 1. The summed E-state index contributed by atoms with van der Waals surface area (Å²) in [6.07, 6.45) is 0. The van der Waals surface area contributed by atoms with Crippen LogP contribution in [0.1, 0.15) is 18.1 Å². The van der Waals surface area contributed by atoms with Gasteiger partial charge >= 0.3 is 0 Å². The van der Waals surface area contributed by atoms with Gasteiger partial charge in [-0.05, 0) is 36.4 Å². The van der Waals surface area contributed by atoms with Crippen LogP contribution < -0.4 is 5.32 Å². The smallest absolute Gasteiger partial charge is 0.221 e. The van der Waals surface area contributed by atoms with Crippen molar-refractivity contribution in [2.75, 3.05) is 5.32 Å². The van der Waals surface area contributed by atoms with E-state index in [1.807, 2.05) is 36.4 Å². The van der Waals surface area contributed by atoms with E-state index in [4.69, 9.17) is 11.6 Å². The molecule has 0 heterocycles. The van der Waals surface area contributed by atoms with Crippen LogP contribution in [0.4, 0.5) is 5.69 Å². The number of amides is 1. The van der Waals surface area contributed by atoms with E-state index in [0.29, 0.717) is 5.02 Å². The predicted octanol–water partition coefficient (Wildman–Crippen LogP) is 3.70. The van der Waals surface area contributed by atoms with Gasteiger partial charge in [0, 0.05) is 23.1 Å². The zero-order valence-corrected chi connectivity index (χ0v) is 11.2. The SMILES string of the molecule is CC(=O)Nc1ccccc1C#Cc1ccc(Cl)cc1. The molecule has 2 rings (SSSR count). The number of hydrogen-bond acceptors (Lipinski definition) is 1. The Balaban J connectivity index is 2.29. The number of carbonyl (C=O) groups is 1. The molecule has 2 aromatic rings. The maximum Gasteiger partial charge on any atom is 0.221 e. The maximum atomic E-state index is 11.1. The molecule has 0 saturated heterocycles. The molecule has 0 bridgehead atoms. The zero-order chi connectivity index (χ0) is 13.7. The summed E-state index contributed by atoms with van der Waals surface area (Å²) < 4.78 is 0. The largest absolute Gasteiger partial charge is 0.325 e. The highest BCUT2D eigenvalue weighted by Crippen LogP contribution is 2.14. The molecule has 0 aromatic heterocycles. The van der Waals surface area contributed by atoms with Gasteiger partial charge in [0.1, 0.15) is 0 Å². The lowest BCUT2D eigenvalue weighted by molar-refractivity contribution is -0.114. The Kier molecular flexibility index (Phi) is 4.22. The van der Waals surface area contributed by atoms with Gasteiger partial charge < -0.3 is 5.32 Å². The van der Waals surface area contributed by atoms with Crippen LogP contribution in [0.25, 0.3) is 0 Å². The number of para-hydroxylation sites is 1. The average Bonchev–Trinajstić information content (AvgIpc) is 2.39. The van der Waals surface area contributed by atoms with Crippen LogP contribution in [-0.2, 0) is 4.79 Å². The Hall–Kier alpha value is -2.24. The molecule has 0 aliphatic heterocycles. The van der Waals surface area contributed by atoms with Crippen molar-refractivity contribution in [3.8, 4) is 11.8 Å². The number of halogens is 1. The summed E-state index contributed by atoms with van der Waals surface area (Å²) in [7, 11) is 0. The van der Waals surface area contributed by atoms with Crippen LogP contribution in [0.15, 0.2) is 48.5 Å². The molecule has 0 unspecified atom stereocenters. The molecular formula is C16H12ClNO. The lowest BCUT2D eigenvalue weighted by Crippen LogP contribution is -2.06. The van der Waals surface area contributed by atoms with E-state index in [2.05, 4.69) is 17.2 Å². The molecule has 0 saturated carbocycles. The second-order valence-electron chi connectivity index (χ2n) is 3.98. The lowest BCUT2D eigenvalue weighted by Gasteiger charge is -2.03. The summed E-state index contributed by atoms with van der Waals surface area (Å²) in [5, 5.41) is 3.44. The molecule has 0 atom stereocenters. The van der Waals surface area contributed by atoms with Gasteiger partial charge in [-0.2, -0.15) is 0 Å². The first kappa shape index (κ1) is 13.2. The van der Waals surface area contributed by atoms with Crippen molar-refractivity contribution in [2.24, 2.45) is 0 Å². The Morgan fingerprint density at radius 3 is 2.42 bits per heavy atom. The van der Waals surface area contributed by atoms with E-state index in [0.717, 1.165) is 16.8 Å². The average molecular weight is 270 g/mol. The summed E-state index contributed by atoms with van der Waals surface area (Å²) in [4.78, 5) is 11.1. The molecule has 94 valence electrons. The van der Waals surface area contributed by atoms with Crippen LogP contribution in [0.5, 0.6) is 0 Å².